The number of benzene rings is 3. The average molecular weight is 515 g/mol. The molecule has 0 aromatic heterocycles. The van der Waals surface area contributed by atoms with Crippen molar-refractivity contribution in [3.63, 3.8) is 0 Å². The second-order valence-corrected chi connectivity index (χ2v) is 10.1. The van der Waals surface area contributed by atoms with Crippen molar-refractivity contribution in [2.45, 2.75) is 18.2 Å². The Labute approximate surface area is 193 Å². The van der Waals surface area contributed by atoms with Gasteiger partial charge in [-0.3, -0.25) is 9.10 Å². The van der Waals surface area contributed by atoms with Crippen LogP contribution in [0.5, 0.6) is 0 Å². The molecule has 1 aliphatic heterocycles. The lowest BCUT2D eigenvalue weighted by Crippen LogP contribution is -2.30. The number of aryl methyl sites for hydroxylation is 1. The van der Waals surface area contributed by atoms with Gasteiger partial charge < -0.3 is 10.4 Å². The summed E-state index contributed by atoms with van der Waals surface area (Å²) in [6, 6.07) is 16.2. The van der Waals surface area contributed by atoms with E-state index in [1.165, 1.54) is 28.6 Å². The molecule has 3 aromatic carbocycles. The van der Waals surface area contributed by atoms with Gasteiger partial charge in [0.2, 0.25) is 0 Å². The van der Waals surface area contributed by atoms with Crippen LogP contribution in [0.25, 0.3) is 0 Å². The van der Waals surface area contributed by atoms with E-state index in [1.54, 1.807) is 31.2 Å². The SMILES string of the molecule is Cc1ccc(C(=O)Nc2ccc(Br)cc2C(=O)O)cc1S(=O)(=O)N1CCc2ccccc21. The number of nitrogens with zero attached hydrogens (tertiary/aromatic N) is 1. The first-order valence-electron chi connectivity index (χ1n) is 9.74. The molecule has 2 N–H and O–H groups in total. The normalized spacial score (nSPS) is 13.0. The van der Waals surface area contributed by atoms with Crippen molar-refractivity contribution in [1.29, 1.82) is 0 Å². The van der Waals surface area contributed by atoms with Crippen LogP contribution in [0.4, 0.5) is 11.4 Å². The summed E-state index contributed by atoms with van der Waals surface area (Å²) < 4.78 is 28.8. The lowest BCUT2D eigenvalue weighted by molar-refractivity contribution is 0.0698. The van der Waals surface area contributed by atoms with E-state index in [0.717, 1.165) is 5.56 Å². The highest BCUT2D eigenvalue weighted by atomic mass is 79.9. The van der Waals surface area contributed by atoms with Crippen molar-refractivity contribution in [3.05, 3.63) is 87.4 Å². The molecular formula is C23H19BrN2O5S. The monoisotopic (exact) mass is 514 g/mol. The first kappa shape index (κ1) is 22.0. The summed E-state index contributed by atoms with van der Waals surface area (Å²) in [7, 11) is -3.89. The van der Waals surface area contributed by atoms with E-state index in [1.807, 2.05) is 12.1 Å². The summed E-state index contributed by atoms with van der Waals surface area (Å²) in [6.07, 6.45) is 0.621. The van der Waals surface area contributed by atoms with Gasteiger partial charge in [-0.1, -0.05) is 40.2 Å². The van der Waals surface area contributed by atoms with E-state index < -0.39 is 21.9 Å². The van der Waals surface area contributed by atoms with Crippen molar-refractivity contribution >= 4 is 49.2 Å². The van der Waals surface area contributed by atoms with Crippen LogP contribution in [0.1, 0.15) is 31.8 Å². The number of nitrogens with one attached hydrogen (secondary N) is 1. The Balaban J connectivity index is 1.68. The molecule has 164 valence electrons. The third-order valence-electron chi connectivity index (χ3n) is 5.32. The van der Waals surface area contributed by atoms with Crippen LogP contribution >= 0.6 is 15.9 Å². The summed E-state index contributed by atoms with van der Waals surface area (Å²) in [5.41, 5.74) is 2.26. The predicted molar refractivity (Wildman–Crippen MR) is 125 cm³/mol. The number of anilines is 2. The van der Waals surface area contributed by atoms with Crippen LogP contribution in [0.2, 0.25) is 0 Å². The molecule has 1 amide bonds. The summed E-state index contributed by atoms with van der Waals surface area (Å²) >= 11 is 3.21. The van der Waals surface area contributed by atoms with Gasteiger partial charge in [-0.25, -0.2) is 13.2 Å². The van der Waals surface area contributed by atoms with Gasteiger partial charge in [0.15, 0.2) is 0 Å². The molecule has 0 radical (unpaired) electrons. The largest absolute Gasteiger partial charge is 0.478 e. The Morgan fingerprint density at radius 3 is 2.56 bits per heavy atom. The number of hydrogen-bond acceptors (Lipinski definition) is 4. The summed E-state index contributed by atoms with van der Waals surface area (Å²) in [6.45, 7) is 2.01. The maximum absolute atomic E-state index is 13.4. The van der Waals surface area contributed by atoms with Crippen molar-refractivity contribution in [3.8, 4) is 0 Å². The Hall–Kier alpha value is -3.17. The van der Waals surface area contributed by atoms with Crippen molar-refractivity contribution in [1.82, 2.24) is 0 Å². The molecule has 1 aliphatic rings. The minimum atomic E-state index is -3.89. The molecule has 0 unspecified atom stereocenters. The Bertz CT molecular complexity index is 1350. The topological polar surface area (TPSA) is 104 Å². The number of halogens is 1. The minimum absolute atomic E-state index is 0.0381. The number of aromatic carboxylic acids is 1. The number of carboxylic acid groups (broad SMARTS) is 1. The number of fused-ring (bicyclic) bond motifs is 1. The smallest absolute Gasteiger partial charge is 0.337 e. The number of para-hydroxylation sites is 1. The summed E-state index contributed by atoms with van der Waals surface area (Å²) in [5.74, 6) is -1.80. The molecule has 9 heteroatoms. The average Bonchev–Trinajstić information content (AvgIpc) is 3.20. The van der Waals surface area contributed by atoms with Crippen LogP contribution in [0, 0.1) is 6.92 Å². The number of carbonyl (C=O) groups excluding carboxylic acids is 1. The standard InChI is InChI=1S/C23H19BrN2O5S/c1-14-6-7-16(22(27)25-19-9-8-17(24)13-18(19)23(28)29)12-21(14)32(30,31)26-11-10-15-4-2-3-5-20(15)26/h2-9,12-13H,10-11H2,1H3,(H,25,27)(H,28,29). The van der Waals surface area contributed by atoms with Gasteiger partial charge in [-0.15, -0.1) is 0 Å². The van der Waals surface area contributed by atoms with E-state index in [0.29, 0.717) is 28.7 Å². The number of hydrogen-bond donors (Lipinski definition) is 2. The fourth-order valence-electron chi connectivity index (χ4n) is 3.69. The third-order valence-corrected chi connectivity index (χ3v) is 7.77. The van der Waals surface area contributed by atoms with Crippen molar-refractivity contribution in [2.24, 2.45) is 0 Å². The van der Waals surface area contributed by atoms with Gasteiger partial charge in [0, 0.05) is 16.6 Å². The van der Waals surface area contributed by atoms with Gasteiger partial charge in [-0.2, -0.15) is 0 Å². The molecule has 3 aromatic rings. The molecule has 0 fully saturated rings. The van der Waals surface area contributed by atoms with Gasteiger partial charge in [0.1, 0.15) is 0 Å². The Morgan fingerprint density at radius 2 is 1.81 bits per heavy atom. The van der Waals surface area contributed by atoms with Crippen LogP contribution < -0.4 is 9.62 Å². The summed E-state index contributed by atoms with van der Waals surface area (Å²) in [4.78, 5) is 24.4. The van der Waals surface area contributed by atoms with Crippen molar-refractivity contribution < 1.29 is 23.1 Å². The Kier molecular flexibility index (Phi) is 5.79. The lowest BCUT2D eigenvalue weighted by Gasteiger charge is -2.21. The zero-order valence-corrected chi connectivity index (χ0v) is 19.4. The number of rotatable bonds is 5. The second kappa shape index (κ2) is 8.40. The van der Waals surface area contributed by atoms with Crippen LogP contribution in [-0.2, 0) is 16.4 Å². The number of sulfonamides is 1. The lowest BCUT2D eigenvalue weighted by atomic mass is 10.1. The molecule has 4 rings (SSSR count). The van der Waals surface area contributed by atoms with E-state index in [-0.39, 0.29) is 21.7 Å². The van der Waals surface area contributed by atoms with Gasteiger partial charge in [-0.05, 0) is 60.9 Å². The molecule has 7 nitrogen and oxygen atoms in total. The van der Waals surface area contributed by atoms with E-state index in [9.17, 15) is 23.1 Å². The maximum atomic E-state index is 13.4. The van der Waals surface area contributed by atoms with Crippen molar-refractivity contribution in [2.75, 3.05) is 16.2 Å². The molecule has 1 heterocycles. The molecule has 0 spiro atoms. The molecular weight excluding hydrogens is 496 g/mol. The number of carboxylic acids is 1. The molecule has 0 saturated heterocycles. The quantitative estimate of drug-likeness (QED) is 0.523. The second-order valence-electron chi connectivity index (χ2n) is 7.39. The molecule has 0 aliphatic carbocycles. The maximum Gasteiger partial charge on any atom is 0.337 e. The highest BCUT2D eigenvalue weighted by Crippen LogP contribution is 2.34. The molecule has 32 heavy (non-hydrogen) atoms. The minimum Gasteiger partial charge on any atom is -0.478 e. The van der Waals surface area contributed by atoms with E-state index in [2.05, 4.69) is 21.2 Å². The van der Waals surface area contributed by atoms with Crippen LogP contribution in [-0.4, -0.2) is 31.9 Å². The first-order valence-corrected chi connectivity index (χ1v) is 12.0. The molecule has 0 atom stereocenters. The zero-order chi connectivity index (χ0) is 23.0. The first-order chi connectivity index (χ1) is 15.2. The fourth-order valence-corrected chi connectivity index (χ4v) is 5.81. The number of carbonyl (C=O) groups is 2. The third kappa shape index (κ3) is 4.01. The fraction of sp³-hybridized carbons (Fsp3) is 0.130. The number of amides is 1. The molecule has 0 bridgehead atoms. The summed E-state index contributed by atoms with van der Waals surface area (Å²) in [5, 5.41) is 12.0. The zero-order valence-electron chi connectivity index (χ0n) is 17.0. The molecule has 0 saturated carbocycles. The van der Waals surface area contributed by atoms with Crippen LogP contribution in [0.15, 0.2) is 70.0 Å². The Morgan fingerprint density at radius 1 is 1.06 bits per heavy atom. The highest BCUT2D eigenvalue weighted by molar-refractivity contribution is 9.10. The van der Waals surface area contributed by atoms with E-state index >= 15 is 0 Å². The predicted octanol–water partition coefficient (Wildman–Crippen LogP) is 4.46. The van der Waals surface area contributed by atoms with Crippen LogP contribution in [0.3, 0.4) is 0 Å². The highest BCUT2D eigenvalue weighted by Gasteiger charge is 2.32. The van der Waals surface area contributed by atoms with E-state index in [4.69, 9.17) is 0 Å². The van der Waals surface area contributed by atoms with Gasteiger partial charge in [0.05, 0.1) is 21.8 Å². The van der Waals surface area contributed by atoms with Gasteiger partial charge >= 0.3 is 5.97 Å². The van der Waals surface area contributed by atoms with Gasteiger partial charge in [0.25, 0.3) is 15.9 Å².